The summed E-state index contributed by atoms with van der Waals surface area (Å²) in [5, 5.41) is 0. The average Bonchev–Trinajstić information content (AvgIpc) is 2.57. The minimum atomic E-state index is -0.0348. The lowest BCUT2D eigenvalue weighted by atomic mass is 10.1. The quantitative estimate of drug-likeness (QED) is 0.712. The van der Waals surface area contributed by atoms with Crippen LogP contribution in [0.4, 0.5) is 0 Å². The molecule has 4 nitrogen and oxygen atoms in total. The maximum Gasteiger partial charge on any atom is 0.241 e. The lowest BCUT2D eigenvalue weighted by molar-refractivity contribution is -0.120. The molecule has 1 aromatic rings. The Balaban J connectivity index is 2.41. The van der Waals surface area contributed by atoms with Gasteiger partial charge in [-0.2, -0.15) is 0 Å². The van der Waals surface area contributed by atoms with Crippen LogP contribution in [-0.4, -0.2) is 17.1 Å². The van der Waals surface area contributed by atoms with E-state index in [1.165, 1.54) is 0 Å². The van der Waals surface area contributed by atoms with Crippen LogP contribution >= 0.6 is 0 Å². The van der Waals surface area contributed by atoms with Gasteiger partial charge in [-0.25, -0.2) is 0 Å². The third-order valence-electron chi connectivity index (χ3n) is 1.89. The second-order valence-electron chi connectivity index (χ2n) is 3.04. The van der Waals surface area contributed by atoms with E-state index in [4.69, 9.17) is 5.73 Å². The third-order valence-corrected chi connectivity index (χ3v) is 1.89. The summed E-state index contributed by atoms with van der Waals surface area (Å²) in [6.07, 6.45) is 4.28. The molecule has 0 spiro atoms. The molecule has 0 aliphatic rings. The SMILES string of the molecule is CC(CCN)C(=O)Nn1cccc1. The van der Waals surface area contributed by atoms with Crippen molar-refractivity contribution >= 4 is 5.91 Å². The summed E-state index contributed by atoms with van der Waals surface area (Å²) >= 11 is 0. The molecule has 13 heavy (non-hydrogen) atoms. The van der Waals surface area contributed by atoms with Gasteiger partial charge in [0.05, 0.1) is 0 Å². The molecule has 0 saturated heterocycles. The van der Waals surface area contributed by atoms with Crippen molar-refractivity contribution in [3.8, 4) is 0 Å². The summed E-state index contributed by atoms with van der Waals surface area (Å²) in [5.74, 6) is -0.0333. The molecule has 72 valence electrons. The number of carbonyl (C=O) groups excluding carboxylic acids is 1. The molecule has 0 radical (unpaired) electrons. The monoisotopic (exact) mass is 181 g/mol. The Hall–Kier alpha value is -1.29. The zero-order valence-electron chi connectivity index (χ0n) is 7.73. The number of hydrogen-bond donors (Lipinski definition) is 2. The summed E-state index contributed by atoms with van der Waals surface area (Å²) in [6, 6.07) is 3.71. The van der Waals surface area contributed by atoms with Crippen molar-refractivity contribution in [2.75, 3.05) is 12.0 Å². The second-order valence-corrected chi connectivity index (χ2v) is 3.04. The summed E-state index contributed by atoms with van der Waals surface area (Å²) in [5.41, 5.74) is 8.08. The van der Waals surface area contributed by atoms with E-state index in [9.17, 15) is 4.79 Å². The van der Waals surface area contributed by atoms with E-state index in [0.29, 0.717) is 13.0 Å². The van der Waals surface area contributed by atoms with Crippen LogP contribution < -0.4 is 11.2 Å². The fraction of sp³-hybridized carbons (Fsp3) is 0.444. The highest BCUT2D eigenvalue weighted by Crippen LogP contribution is 2.00. The smallest absolute Gasteiger partial charge is 0.241 e. The first-order valence-corrected chi connectivity index (χ1v) is 4.38. The van der Waals surface area contributed by atoms with Gasteiger partial charge in [0.1, 0.15) is 0 Å². The third kappa shape index (κ3) is 2.91. The zero-order chi connectivity index (χ0) is 9.68. The van der Waals surface area contributed by atoms with Crippen LogP contribution in [0.1, 0.15) is 13.3 Å². The topological polar surface area (TPSA) is 60.1 Å². The van der Waals surface area contributed by atoms with Crippen molar-refractivity contribution < 1.29 is 4.79 Å². The van der Waals surface area contributed by atoms with Crippen LogP contribution in [0, 0.1) is 5.92 Å². The summed E-state index contributed by atoms with van der Waals surface area (Å²) in [4.78, 5) is 11.4. The molecule has 0 aromatic carbocycles. The number of amides is 1. The predicted molar refractivity (Wildman–Crippen MR) is 51.6 cm³/mol. The van der Waals surface area contributed by atoms with Crippen molar-refractivity contribution in [3.05, 3.63) is 24.5 Å². The molecule has 1 aromatic heterocycles. The van der Waals surface area contributed by atoms with E-state index in [0.717, 1.165) is 0 Å². The van der Waals surface area contributed by atoms with Gasteiger partial charge >= 0.3 is 0 Å². The van der Waals surface area contributed by atoms with Gasteiger partial charge in [-0.3, -0.25) is 14.9 Å². The maximum absolute atomic E-state index is 11.4. The van der Waals surface area contributed by atoms with E-state index in [1.54, 1.807) is 17.1 Å². The molecule has 1 heterocycles. The fourth-order valence-electron chi connectivity index (χ4n) is 1.03. The van der Waals surface area contributed by atoms with E-state index in [-0.39, 0.29) is 11.8 Å². The number of carbonyl (C=O) groups is 1. The molecule has 0 aliphatic heterocycles. The summed E-state index contributed by atoms with van der Waals surface area (Å²) in [6.45, 7) is 2.41. The highest BCUT2D eigenvalue weighted by atomic mass is 16.2. The van der Waals surface area contributed by atoms with Gasteiger partial charge in [-0.15, -0.1) is 0 Å². The van der Waals surface area contributed by atoms with Gasteiger partial charge in [-0.1, -0.05) is 6.92 Å². The minimum absolute atomic E-state index is 0.00153. The minimum Gasteiger partial charge on any atom is -0.330 e. The molecule has 1 amide bonds. The van der Waals surface area contributed by atoms with Gasteiger partial charge in [0, 0.05) is 18.3 Å². The van der Waals surface area contributed by atoms with Crippen molar-refractivity contribution in [1.29, 1.82) is 0 Å². The molecule has 1 rings (SSSR count). The standard InChI is InChI=1S/C9H15N3O/c1-8(4-5-10)9(13)11-12-6-2-3-7-12/h2-3,6-8H,4-5,10H2,1H3,(H,11,13). The Bertz CT molecular complexity index is 256. The van der Waals surface area contributed by atoms with E-state index >= 15 is 0 Å². The van der Waals surface area contributed by atoms with Crippen molar-refractivity contribution in [3.63, 3.8) is 0 Å². The fourth-order valence-corrected chi connectivity index (χ4v) is 1.03. The van der Waals surface area contributed by atoms with E-state index in [2.05, 4.69) is 5.43 Å². The largest absolute Gasteiger partial charge is 0.330 e. The van der Waals surface area contributed by atoms with Crippen LogP contribution in [0.2, 0.25) is 0 Å². The number of hydrogen-bond acceptors (Lipinski definition) is 2. The van der Waals surface area contributed by atoms with Gasteiger partial charge in [0.2, 0.25) is 5.91 Å². The Morgan fingerprint density at radius 1 is 1.54 bits per heavy atom. The van der Waals surface area contributed by atoms with Crippen LogP contribution in [0.5, 0.6) is 0 Å². The second kappa shape index (κ2) is 4.67. The van der Waals surface area contributed by atoms with Crippen LogP contribution in [0.25, 0.3) is 0 Å². The normalized spacial score (nSPS) is 12.5. The van der Waals surface area contributed by atoms with E-state index < -0.39 is 0 Å². The first kappa shape index (κ1) is 9.80. The van der Waals surface area contributed by atoms with Gasteiger partial charge in [0.25, 0.3) is 0 Å². The molecule has 1 unspecified atom stereocenters. The molecule has 4 heteroatoms. The predicted octanol–water partition coefficient (Wildman–Crippen LogP) is 0.543. The van der Waals surface area contributed by atoms with Crippen LogP contribution in [0.3, 0.4) is 0 Å². The maximum atomic E-state index is 11.4. The lowest BCUT2D eigenvalue weighted by Crippen LogP contribution is -2.28. The zero-order valence-corrected chi connectivity index (χ0v) is 7.73. The van der Waals surface area contributed by atoms with Crippen LogP contribution in [0.15, 0.2) is 24.5 Å². The molecule has 1 atom stereocenters. The molecule has 0 bridgehead atoms. The molecule has 0 aliphatic carbocycles. The first-order chi connectivity index (χ1) is 6.24. The Labute approximate surface area is 77.7 Å². The number of aromatic nitrogens is 1. The highest BCUT2D eigenvalue weighted by molar-refractivity contribution is 5.85. The Morgan fingerprint density at radius 3 is 2.69 bits per heavy atom. The van der Waals surface area contributed by atoms with Gasteiger partial charge in [0.15, 0.2) is 0 Å². The summed E-state index contributed by atoms with van der Waals surface area (Å²) in [7, 11) is 0. The summed E-state index contributed by atoms with van der Waals surface area (Å²) < 4.78 is 1.63. The van der Waals surface area contributed by atoms with Gasteiger partial charge < -0.3 is 5.73 Å². The molecule has 0 saturated carbocycles. The highest BCUT2D eigenvalue weighted by Gasteiger charge is 2.10. The first-order valence-electron chi connectivity index (χ1n) is 4.38. The van der Waals surface area contributed by atoms with Crippen molar-refractivity contribution in [1.82, 2.24) is 4.68 Å². The van der Waals surface area contributed by atoms with Crippen molar-refractivity contribution in [2.45, 2.75) is 13.3 Å². The Morgan fingerprint density at radius 2 is 2.15 bits per heavy atom. The van der Waals surface area contributed by atoms with Crippen LogP contribution in [-0.2, 0) is 4.79 Å². The molecule has 3 N–H and O–H groups in total. The van der Waals surface area contributed by atoms with E-state index in [1.807, 2.05) is 19.1 Å². The Kier molecular flexibility index (Phi) is 3.52. The molecular formula is C9H15N3O. The average molecular weight is 181 g/mol. The van der Waals surface area contributed by atoms with Gasteiger partial charge in [-0.05, 0) is 25.1 Å². The molecule has 0 fully saturated rings. The number of rotatable bonds is 4. The number of nitrogens with two attached hydrogens (primary N) is 1. The van der Waals surface area contributed by atoms with Crippen molar-refractivity contribution in [2.24, 2.45) is 11.7 Å². The molecular weight excluding hydrogens is 166 g/mol. The number of nitrogens with one attached hydrogen (secondary N) is 1. The number of nitrogens with zero attached hydrogens (tertiary/aromatic N) is 1. The lowest BCUT2D eigenvalue weighted by Gasteiger charge is -2.11.